The molecule has 3 aromatic rings. The molecule has 0 atom stereocenters. The number of aromatic nitrogens is 1. The average molecular weight is 436 g/mol. The summed E-state index contributed by atoms with van der Waals surface area (Å²) in [7, 11) is 0. The molecular weight excluding hydrogens is 418 g/mol. The lowest BCUT2D eigenvalue weighted by Gasteiger charge is -2.03. The van der Waals surface area contributed by atoms with E-state index in [2.05, 4.69) is 41.6 Å². The topological polar surface area (TPSA) is 88.2 Å². The van der Waals surface area contributed by atoms with Gasteiger partial charge in [0.2, 0.25) is 0 Å². The van der Waals surface area contributed by atoms with Crippen LogP contribution in [0.5, 0.6) is 0 Å². The number of thioether (sulfide) groups is 1. The van der Waals surface area contributed by atoms with Crippen LogP contribution in [-0.4, -0.2) is 22.0 Å². The summed E-state index contributed by atoms with van der Waals surface area (Å²) >= 11 is 2.23. The summed E-state index contributed by atoms with van der Waals surface area (Å²) in [5, 5.41) is 7.09. The van der Waals surface area contributed by atoms with Crippen molar-refractivity contribution in [3.05, 3.63) is 75.0 Å². The largest absolute Gasteiger partial charge is 0.298 e. The van der Waals surface area contributed by atoms with Gasteiger partial charge in [0, 0.05) is 16.5 Å². The molecule has 8 heteroatoms. The minimum absolute atomic E-state index is 0.265. The summed E-state index contributed by atoms with van der Waals surface area (Å²) in [5.74, 6) is -0.673. The zero-order valence-corrected chi connectivity index (χ0v) is 17.8. The number of hydrogen-bond acceptors (Lipinski definition) is 6. The van der Waals surface area contributed by atoms with Crippen molar-refractivity contribution < 1.29 is 14.4 Å². The van der Waals surface area contributed by atoms with Crippen molar-refractivity contribution >= 4 is 51.4 Å². The number of aryl methyl sites for hydroxylation is 2. The first kappa shape index (κ1) is 20.1. The Morgan fingerprint density at radius 1 is 1.07 bits per heavy atom. The summed E-state index contributed by atoms with van der Waals surface area (Å²) in [4.78, 5) is 40.2. The molecule has 150 valence electrons. The standard InChI is InChI=1S/C22H17N3O3S2/c1-12-3-6-16(9-13(12)2)17-11-29-21(23-17)24-19(26)15-7-4-14(5-8-15)10-18-20(27)25-22(28)30-18/h3-11H,1-2H3,(H,23,24,26)(H,25,27,28)/b18-10-. The fourth-order valence-electron chi connectivity index (χ4n) is 2.84. The van der Waals surface area contributed by atoms with Gasteiger partial charge in [0.25, 0.3) is 17.1 Å². The third-order valence-electron chi connectivity index (χ3n) is 4.64. The molecule has 0 radical (unpaired) electrons. The highest BCUT2D eigenvalue weighted by Crippen LogP contribution is 2.27. The van der Waals surface area contributed by atoms with E-state index in [9.17, 15) is 14.4 Å². The normalized spacial score (nSPS) is 14.8. The van der Waals surface area contributed by atoms with Crippen LogP contribution >= 0.6 is 23.1 Å². The molecule has 2 N–H and O–H groups in total. The van der Waals surface area contributed by atoms with Gasteiger partial charge in [-0.25, -0.2) is 4.98 Å². The van der Waals surface area contributed by atoms with Crippen LogP contribution in [0.2, 0.25) is 0 Å². The SMILES string of the molecule is Cc1ccc(-c2csc(NC(=O)c3ccc(/C=C4\SC(=O)NC4=O)cc3)n2)cc1C. The Balaban J connectivity index is 1.45. The summed E-state index contributed by atoms with van der Waals surface area (Å²) in [6.45, 7) is 4.12. The van der Waals surface area contributed by atoms with Crippen LogP contribution in [0.15, 0.2) is 52.7 Å². The molecule has 3 amide bonds. The van der Waals surface area contributed by atoms with E-state index in [1.165, 1.54) is 22.5 Å². The first-order valence-electron chi connectivity index (χ1n) is 9.08. The number of hydrogen-bond donors (Lipinski definition) is 2. The van der Waals surface area contributed by atoms with E-state index in [1.54, 1.807) is 30.3 Å². The minimum Gasteiger partial charge on any atom is -0.298 e. The molecule has 0 bridgehead atoms. The van der Waals surface area contributed by atoms with Gasteiger partial charge >= 0.3 is 0 Å². The van der Waals surface area contributed by atoms with Gasteiger partial charge in [-0.2, -0.15) is 0 Å². The van der Waals surface area contributed by atoms with Gasteiger partial charge < -0.3 is 0 Å². The van der Waals surface area contributed by atoms with Gasteiger partial charge in [-0.05, 0) is 66.6 Å². The number of imide groups is 1. The van der Waals surface area contributed by atoms with Gasteiger partial charge in [0.15, 0.2) is 5.13 Å². The number of anilines is 1. The van der Waals surface area contributed by atoms with Crippen molar-refractivity contribution in [1.29, 1.82) is 0 Å². The molecule has 30 heavy (non-hydrogen) atoms. The second-order valence-corrected chi connectivity index (χ2v) is 8.64. The highest BCUT2D eigenvalue weighted by molar-refractivity contribution is 8.18. The Bertz CT molecular complexity index is 1200. The van der Waals surface area contributed by atoms with Crippen LogP contribution in [0.25, 0.3) is 17.3 Å². The van der Waals surface area contributed by atoms with Crippen molar-refractivity contribution in [3.63, 3.8) is 0 Å². The maximum absolute atomic E-state index is 12.5. The molecule has 0 unspecified atom stereocenters. The summed E-state index contributed by atoms with van der Waals surface area (Å²) in [5.41, 5.74) is 5.45. The predicted molar refractivity (Wildman–Crippen MR) is 121 cm³/mol. The van der Waals surface area contributed by atoms with Crippen molar-refractivity contribution in [2.45, 2.75) is 13.8 Å². The van der Waals surface area contributed by atoms with E-state index in [4.69, 9.17) is 0 Å². The molecule has 4 rings (SSSR count). The number of carbonyl (C=O) groups is 3. The van der Waals surface area contributed by atoms with Crippen LogP contribution in [0.1, 0.15) is 27.0 Å². The summed E-state index contributed by atoms with van der Waals surface area (Å²) in [6, 6.07) is 12.9. The van der Waals surface area contributed by atoms with Crippen LogP contribution in [0, 0.1) is 13.8 Å². The molecule has 0 spiro atoms. The van der Waals surface area contributed by atoms with Crippen molar-refractivity contribution in [3.8, 4) is 11.3 Å². The second kappa shape index (κ2) is 8.25. The molecule has 1 aliphatic rings. The van der Waals surface area contributed by atoms with Gasteiger partial charge in [0.1, 0.15) is 0 Å². The lowest BCUT2D eigenvalue weighted by molar-refractivity contribution is -0.115. The number of thiazole rings is 1. The molecule has 0 saturated carbocycles. The van der Waals surface area contributed by atoms with Crippen molar-refractivity contribution in [2.24, 2.45) is 0 Å². The summed E-state index contributed by atoms with van der Waals surface area (Å²) in [6.07, 6.45) is 1.61. The first-order chi connectivity index (χ1) is 14.4. The van der Waals surface area contributed by atoms with Crippen molar-refractivity contribution in [1.82, 2.24) is 10.3 Å². The van der Waals surface area contributed by atoms with E-state index >= 15 is 0 Å². The lowest BCUT2D eigenvalue weighted by Crippen LogP contribution is -2.17. The predicted octanol–water partition coefficient (Wildman–Crippen LogP) is 5.00. The molecule has 1 aliphatic heterocycles. The fraction of sp³-hybridized carbons (Fsp3) is 0.0909. The number of benzene rings is 2. The molecular formula is C22H17N3O3S2. The highest BCUT2D eigenvalue weighted by atomic mass is 32.2. The third kappa shape index (κ3) is 4.34. The van der Waals surface area contributed by atoms with Gasteiger partial charge in [-0.3, -0.25) is 25.0 Å². The molecule has 0 aliphatic carbocycles. The fourth-order valence-corrected chi connectivity index (χ4v) is 4.23. The molecule has 2 aromatic carbocycles. The van der Waals surface area contributed by atoms with E-state index in [-0.39, 0.29) is 11.1 Å². The number of amides is 3. The average Bonchev–Trinajstić information content (AvgIpc) is 3.30. The highest BCUT2D eigenvalue weighted by Gasteiger charge is 2.24. The quantitative estimate of drug-likeness (QED) is 0.563. The zero-order valence-electron chi connectivity index (χ0n) is 16.2. The molecule has 1 aromatic heterocycles. The van der Waals surface area contributed by atoms with Crippen LogP contribution < -0.4 is 10.6 Å². The Morgan fingerprint density at radius 2 is 1.83 bits per heavy atom. The third-order valence-corrected chi connectivity index (χ3v) is 6.21. The molecule has 1 fully saturated rings. The van der Waals surface area contributed by atoms with Crippen LogP contribution in [-0.2, 0) is 4.79 Å². The number of nitrogens with one attached hydrogen (secondary N) is 2. The number of rotatable bonds is 4. The summed E-state index contributed by atoms with van der Waals surface area (Å²) < 4.78 is 0. The number of carbonyl (C=O) groups excluding carboxylic acids is 3. The minimum atomic E-state index is -0.407. The Morgan fingerprint density at radius 3 is 2.50 bits per heavy atom. The van der Waals surface area contributed by atoms with E-state index in [0.29, 0.717) is 15.6 Å². The van der Waals surface area contributed by atoms with E-state index in [0.717, 1.165) is 28.6 Å². The number of nitrogens with zero attached hydrogens (tertiary/aromatic N) is 1. The molecule has 6 nitrogen and oxygen atoms in total. The van der Waals surface area contributed by atoms with Gasteiger partial charge in [0.05, 0.1) is 10.6 Å². The van der Waals surface area contributed by atoms with Crippen molar-refractivity contribution in [2.75, 3.05) is 5.32 Å². The molecule has 2 heterocycles. The zero-order chi connectivity index (χ0) is 21.3. The maximum atomic E-state index is 12.5. The van der Waals surface area contributed by atoms with E-state index in [1.807, 2.05) is 11.4 Å². The van der Waals surface area contributed by atoms with Gasteiger partial charge in [-0.1, -0.05) is 24.3 Å². The Kier molecular flexibility index (Phi) is 5.52. The van der Waals surface area contributed by atoms with Crippen LogP contribution in [0.3, 0.4) is 0 Å². The monoisotopic (exact) mass is 435 g/mol. The first-order valence-corrected chi connectivity index (χ1v) is 10.8. The Hall–Kier alpha value is -3.23. The van der Waals surface area contributed by atoms with E-state index < -0.39 is 5.91 Å². The Labute approximate surface area is 181 Å². The second-order valence-electron chi connectivity index (χ2n) is 6.77. The molecule has 1 saturated heterocycles. The van der Waals surface area contributed by atoms with Gasteiger partial charge in [-0.15, -0.1) is 11.3 Å². The lowest BCUT2D eigenvalue weighted by atomic mass is 10.1. The van der Waals surface area contributed by atoms with Crippen LogP contribution in [0.4, 0.5) is 9.93 Å². The maximum Gasteiger partial charge on any atom is 0.290 e. The smallest absolute Gasteiger partial charge is 0.290 e.